The molecule has 1 aromatic heterocycles. The van der Waals surface area contributed by atoms with Gasteiger partial charge >= 0.3 is 0 Å². The van der Waals surface area contributed by atoms with E-state index in [1.165, 1.54) is 15.6 Å². The number of anilines is 1. The first-order chi connectivity index (χ1) is 13.4. The highest BCUT2D eigenvalue weighted by molar-refractivity contribution is 7.88. The number of carbonyl (C=O) groups excluding carboxylic acids is 1. The number of benzene rings is 2. The van der Waals surface area contributed by atoms with Gasteiger partial charge in [0, 0.05) is 6.54 Å². The first-order valence-corrected chi connectivity index (χ1v) is 11.8. The average Bonchev–Trinajstić information content (AvgIpc) is 3.33. The van der Waals surface area contributed by atoms with E-state index in [1.54, 1.807) is 4.90 Å². The second kappa shape index (κ2) is 7.62. The predicted octanol–water partition coefficient (Wildman–Crippen LogP) is 3.25. The van der Waals surface area contributed by atoms with Crippen LogP contribution in [0.3, 0.4) is 0 Å². The highest BCUT2D eigenvalue weighted by Gasteiger charge is 2.39. The lowest BCUT2D eigenvalue weighted by molar-refractivity contribution is -0.121. The van der Waals surface area contributed by atoms with E-state index in [-0.39, 0.29) is 5.91 Å². The van der Waals surface area contributed by atoms with Crippen LogP contribution in [0.15, 0.2) is 54.6 Å². The van der Waals surface area contributed by atoms with E-state index in [1.807, 2.05) is 54.6 Å². The van der Waals surface area contributed by atoms with Crippen molar-refractivity contribution in [1.29, 1.82) is 0 Å². The first-order valence-electron chi connectivity index (χ1n) is 9.11. The average molecular weight is 416 g/mol. The van der Waals surface area contributed by atoms with Crippen molar-refractivity contribution in [2.24, 2.45) is 0 Å². The molecule has 0 bridgehead atoms. The molecule has 0 saturated carbocycles. The molecule has 3 aromatic rings. The Bertz CT molecular complexity index is 1060. The summed E-state index contributed by atoms with van der Waals surface area (Å²) < 4.78 is 26.6. The third-order valence-electron chi connectivity index (χ3n) is 4.88. The summed E-state index contributed by atoms with van der Waals surface area (Å²) in [6, 6.07) is 16.8. The minimum Gasteiger partial charge on any atom is -0.282 e. The third-order valence-corrected chi connectivity index (χ3v) is 7.23. The quantitative estimate of drug-likeness (QED) is 0.641. The van der Waals surface area contributed by atoms with Crippen LogP contribution in [0.2, 0.25) is 0 Å². The van der Waals surface area contributed by atoms with Crippen LogP contribution in [0.5, 0.6) is 0 Å². The first kappa shape index (κ1) is 19.0. The number of aromatic nitrogens is 1. The molecule has 1 unspecified atom stereocenters. The zero-order valence-electron chi connectivity index (χ0n) is 15.5. The third kappa shape index (κ3) is 3.80. The fourth-order valence-electron chi connectivity index (χ4n) is 3.55. The summed E-state index contributed by atoms with van der Waals surface area (Å²) in [4.78, 5) is 19.7. The van der Waals surface area contributed by atoms with Crippen molar-refractivity contribution in [3.05, 3.63) is 60.2 Å². The molecule has 6 nitrogen and oxygen atoms in total. The Balaban J connectivity index is 1.73. The Labute approximate surface area is 168 Å². The Morgan fingerprint density at radius 2 is 1.89 bits per heavy atom. The Kier molecular flexibility index (Phi) is 5.18. The molecule has 146 valence electrons. The number of hydrogen-bond acceptors (Lipinski definition) is 5. The van der Waals surface area contributed by atoms with Crippen molar-refractivity contribution in [2.75, 3.05) is 17.7 Å². The monoisotopic (exact) mass is 415 g/mol. The molecule has 4 rings (SSSR count). The maximum absolute atomic E-state index is 13.5. The number of fused-ring (bicyclic) bond motifs is 1. The number of rotatable bonds is 5. The van der Waals surface area contributed by atoms with Crippen molar-refractivity contribution >= 4 is 42.6 Å². The molecule has 0 radical (unpaired) electrons. The minimum atomic E-state index is -3.44. The number of nitrogens with zero attached hydrogens (tertiary/aromatic N) is 3. The SMILES string of the molecule is CS(=O)(=O)N1CCCC1C(=O)N(Cc1ccccc1)c1nc2ccccc2s1. The molecular weight excluding hydrogens is 394 g/mol. The van der Waals surface area contributed by atoms with Crippen LogP contribution in [0.1, 0.15) is 18.4 Å². The molecule has 1 fully saturated rings. The van der Waals surface area contributed by atoms with Gasteiger partial charge in [0.25, 0.3) is 0 Å². The fourth-order valence-corrected chi connectivity index (χ4v) is 5.63. The van der Waals surface area contributed by atoms with Gasteiger partial charge in [0.1, 0.15) is 6.04 Å². The summed E-state index contributed by atoms with van der Waals surface area (Å²) in [6.45, 7) is 0.738. The van der Waals surface area contributed by atoms with Gasteiger partial charge in [0.15, 0.2) is 5.13 Å². The molecule has 0 aliphatic carbocycles. The number of para-hydroxylation sites is 1. The molecule has 2 heterocycles. The lowest BCUT2D eigenvalue weighted by Crippen LogP contribution is -2.47. The molecule has 2 aromatic carbocycles. The molecule has 1 aliphatic heterocycles. The van der Waals surface area contributed by atoms with Crippen molar-refractivity contribution < 1.29 is 13.2 Å². The Hall–Kier alpha value is -2.29. The molecule has 1 atom stereocenters. The molecular formula is C20H21N3O3S2. The van der Waals surface area contributed by atoms with Gasteiger partial charge in [0.05, 0.1) is 23.0 Å². The summed E-state index contributed by atoms with van der Waals surface area (Å²) in [7, 11) is -3.44. The fraction of sp³-hybridized carbons (Fsp3) is 0.300. The summed E-state index contributed by atoms with van der Waals surface area (Å²) in [5.74, 6) is -0.217. The van der Waals surface area contributed by atoms with Crippen LogP contribution in [0.25, 0.3) is 10.2 Å². The van der Waals surface area contributed by atoms with Gasteiger partial charge in [-0.25, -0.2) is 13.4 Å². The van der Waals surface area contributed by atoms with Crippen molar-refractivity contribution in [1.82, 2.24) is 9.29 Å². The van der Waals surface area contributed by atoms with Gasteiger partial charge in [-0.05, 0) is 30.5 Å². The lowest BCUT2D eigenvalue weighted by Gasteiger charge is -2.27. The normalized spacial score (nSPS) is 17.8. The van der Waals surface area contributed by atoms with Crippen molar-refractivity contribution in [2.45, 2.75) is 25.4 Å². The van der Waals surface area contributed by atoms with Crippen LogP contribution < -0.4 is 4.90 Å². The second-order valence-corrected chi connectivity index (χ2v) is 9.85. The molecule has 0 spiro atoms. The zero-order valence-corrected chi connectivity index (χ0v) is 17.1. The molecule has 28 heavy (non-hydrogen) atoms. The molecule has 1 amide bonds. The molecule has 1 aliphatic rings. The molecule has 8 heteroatoms. The van der Waals surface area contributed by atoms with Crippen LogP contribution in [-0.2, 0) is 21.4 Å². The largest absolute Gasteiger partial charge is 0.282 e. The van der Waals surface area contributed by atoms with E-state index in [0.29, 0.717) is 31.1 Å². The van der Waals surface area contributed by atoms with E-state index in [2.05, 4.69) is 4.98 Å². The number of amides is 1. The van der Waals surface area contributed by atoms with Crippen LogP contribution >= 0.6 is 11.3 Å². The molecule has 1 saturated heterocycles. The van der Waals surface area contributed by atoms with E-state index in [9.17, 15) is 13.2 Å². The van der Waals surface area contributed by atoms with Crippen LogP contribution in [-0.4, -0.2) is 42.5 Å². The number of carbonyl (C=O) groups is 1. The summed E-state index contributed by atoms with van der Waals surface area (Å²) in [5.41, 5.74) is 1.80. The lowest BCUT2D eigenvalue weighted by atomic mass is 10.1. The number of sulfonamides is 1. The highest BCUT2D eigenvalue weighted by Crippen LogP contribution is 2.32. The van der Waals surface area contributed by atoms with E-state index in [4.69, 9.17) is 0 Å². The Morgan fingerprint density at radius 1 is 1.18 bits per heavy atom. The maximum atomic E-state index is 13.5. The predicted molar refractivity (Wildman–Crippen MR) is 112 cm³/mol. The van der Waals surface area contributed by atoms with Crippen LogP contribution in [0.4, 0.5) is 5.13 Å². The van der Waals surface area contributed by atoms with Gasteiger partial charge in [-0.2, -0.15) is 4.31 Å². The van der Waals surface area contributed by atoms with Gasteiger partial charge in [0.2, 0.25) is 15.9 Å². The van der Waals surface area contributed by atoms with E-state index in [0.717, 1.165) is 22.0 Å². The van der Waals surface area contributed by atoms with Gasteiger partial charge in [-0.1, -0.05) is 53.8 Å². The smallest absolute Gasteiger partial charge is 0.247 e. The maximum Gasteiger partial charge on any atom is 0.247 e. The van der Waals surface area contributed by atoms with E-state index < -0.39 is 16.1 Å². The number of hydrogen-bond donors (Lipinski definition) is 0. The van der Waals surface area contributed by atoms with Crippen LogP contribution in [0, 0.1) is 0 Å². The summed E-state index contributed by atoms with van der Waals surface area (Å²) >= 11 is 1.45. The van der Waals surface area contributed by atoms with Gasteiger partial charge in [-0.3, -0.25) is 9.69 Å². The molecule has 0 N–H and O–H groups in total. The number of thiazole rings is 1. The van der Waals surface area contributed by atoms with Gasteiger partial charge < -0.3 is 0 Å². The Morgan fingerprint density at radius 3 is 2.61 bits per heavy atom. The summed E-state index contributed by atoms with van der Waals surface area (Å²) in [5, 5.41) is 0.593. The standard InChI is InChI=1S/C20H21N3O3S2/c1-28(25,26)23-13-7-11-17(23)19(24)22(14-15-8-3-2-4-9-15)20-21-16-10-5-6-12-18(16)27-20/h2-6,8-10,12,17H,7,11,13-14H2,1H3. The topological polar surface area (TPSA) is 70.6 Å². The van der Waals surface area contributed by atoms with E-state index >= 15 is 0 Å². The minimum absolute atomic E-state index is 0.217. The highest BCUT2D eigenvalue weighted by atomic mass is 32.2. The van der Waals surface area contributed by atoms with Crippen molar-refractivity contribution in [3.8, 4) is 0 Å². The van der Waals surface area contributed by atoms with Gasteiger partial charge in [-0.15, -0.1) is 0 Å². The second-order valence-electron chi connectivity index (χ2n) is 6.91. The zero-order chi connectivity index (χ0) is 19.7. The van der Waals surface area contributed by atoms with Crippen molar-refractivity contribution in [3.63, 3.8) is 0 Å². The summed E-state index contributed by atoms with van der Waals surface area (Å²) in [6.07, 6.45) is 2.38.